The number of rotatable bonds is 5. The zero-order valence-corrected chi connectivity index (χ0v) is 14.7. The summed E-state index contributed by atoms with van der Waals surface area (Å²) in [6, 6.07) is 14.8. The summed E-state index contributed by atoms with van der Waals surface area (Å²) < 4.78 is 0. The number of hydrogen-bond acceptors (Lipinski definition) is 2. The molecule has 0 aromatic heterocycles. The van der Waals surface area contributed by atoms with Crippen LogP contribution >= 0.6 is 0 Å². The molecule has 3 rings (SSSR count). The van der Waals surface area contributed by atoms with Gasteiger partial charge in [0, 0.05) is 6.42 Å². The normalized spacial score (nSPS) is 20.5. The van der Waals surface area contributed by atoms with Crippen LogP contribution in [0.3, 0.4) is 0 Å². The van der Waals surface area contributed by atoms with Crippen molar-refractivity contribution in [3.63, 3.8) is 0 Å². The van der Waals surface area contributed by atoms with Crippen LogP contribution in [0, 0.1) is 11.8 Å². The number of piperidine rings is 1. The van der Waals surface area contributed by atoms with Crippen molar-refractivity contribution in [3.05, 3.63) is 48.0 Å². The van der Waals surface area contributed by atoms with E-state index in [1.165, 1.54) is 23.6 Å². The van der Waals surface area contributed by atoms with E-state index in [1.807, 2.05) is 0 Å². The molecule has 128 valence electrons. The number of fused-ring (bicyclic) bond motifs is 1. The highest BCUT2D eigenvalue weighted by Crippen LogP contribution is 2.24. The minimum Gasteiger partial charge on any atom is -0.350 e. The quantitative estimate of drug-likeness (QED) is 0.871. The van der Waals surface area contributed by atoms with Crippen LogP contribution in [0.2, 0.25) is 0 Å². The third-order valence-electron chi connectivity index (χ3n) is 5.30. The standard InChI is InChI=1S/C21H28N2O/c1-15(20-8-5-11-22-14-20)12-21(24)23-16(2)18-10-9-17-6-3-4-7-19(17)13-18/h3-4,6-7,9-10,13,15-16,20,22H,5,8,11-12,14H2,1-2H3,(H,23,24). The highest BCUT2D eigenvalue weighted by Gasteiger charge is 2.22. The summed E-state index contributed by atoms with van der Waals surface area (Å²) in [5.41, 5.74) is 1.16. The maximum Gasteiger partial charge on any atom is 0.220 e. The Morgan fingerprint density at radius 1 is 1.21 bits per heavy atom. The molecule has 3 nitrogen and oxygen atoms in total. The summed E-state index contributed by atoms with van der Waals surface area (Å²) in [7, 11) is 0. The molecule has 3 unspecified atom stereocenters. The third kappa shape index (κ3) is 4.15. The molecule has 1 saturated heterocycles. The van der Waals surface area contributed by atoms with Crippen LogP contribution in [0.1, 0.15) is 44.7 Å². The highest BCUT2D eigenvalue weighted by molar-refractivity contribution is 5.83. The van der Waals surface area contributed by atoms with Crippen LogP contribution in [0.4, 0.5) is 0 Å². The summed E-state index contributed by atoms with van der Waals surface area (Å²) in [4.78, 5) is 12.4. The Morgan fingerprint density at radius 3 is 2.75 bits per heavy atom. The fourth-order valence-corrected chi connectivity index (χ4v) is 3.68. The first-order valence-corrected chi connectivity index (χ1v) is 9.12. The molecule has 0 bridgehead atoms. The SMILES string of the molecule is CC(NC(=O)CC(C)C1CCCNC1)c1ccc2ccccc2c1. The van der Waals surface area contributed by atoms with Gasteiger partial charge in [-0.2, -0.15) is 0 Å². The van der Waals surface area contributed by atoms with Gasteiger partial charge in [0.15, 0.2) is 0 Å². The van der Waals surface area contributed by atoms with Gasteiger partial charge in [-0.1, -0.05) is 43.3 Å². The van der Waals surface area contributed by atoms with E-state index in [0.29, 0.717) is 18.3 Å². The van der Waals surface area contributed by atoms with Gasteiger partial charge >= 0.3 is 0 Å². The van der Waals surface area contributed by atoms with E-state index < -0.39 is 0 Å². The van der Waals surface area contributed by atoms with Crippen LogP contribution in [0.15, 0.2) is 42.5 Å². The Morgan fingerprint density at radius 2 is 2.00 bits per heavy atom. The summed E-state index contributed by atoms with van der Waals surface area (Å²) in [5.74, 6) is 1.22. The lowest BCUT2D eigenvalue weighted by atomic mass is 9.85. The fraction of sp³-hybridized carbons (Fsp3) is 0.476. The molecule has 3 atom stereocenters. The number of amides is 1. The summed E-state index contributed by atoms with van der Waals surface area (Å²) in [5, 5.41) is 9.07. The highest BCUT2D eigenvalue weighted by atomic mass is 16.1. The summed E-state index contributed by atoms with van der Waals surface area (Å²) >= 11 is 0. The molecular weight excluding hydrogens is 296 g/mol. The van der Waals surface area contributed by atoms with Gasteiger partial charge in [-0.25, -0.2) is 0 Å². The van der Waals surface area contributed by atoms with Crippen molar-refractivity contribution >= 4 is 16.7 Å². The molecule has 0 aliphatic carbocycles. The molecule has 0 radical (unpaired) electrons. The van der Waals surface area contributed by atoms with Crippen molar-refractivity contribution in [2.75, 3.05) is 13.1 Å². The van der Waals surface area contributed by atoms with Crippen LogP contribution in [-0.4, -0.2) is 19.0 Å². The molecule has 1 fully saturated rings. The molecule has 24 heavy (non-hydrogen) atoms. The first-order chi connectivity index (χ1) is 11.6. The first kappa shape index (κ1) is 17.0. The van der Waals surface area contributed by atoms with E-state index in [4.69, 9.17) is 0 Å². The smallest absolute Gasteiger partial charge is 0.220 e. The minimum atomic E-state index is 0.0405. The Kier molecular flexibility index (Phi) is 5.52. The molecule has 2 aromatic rings. The average Bonchev–Trinajstić information content (AvgIpc) is 2.61. The van der Waals surface area contributed by atoms with Crippen LogP contribution < -0.4 is 10.6 Å². The van der Waals surface area contributed by atoms with Crippen molar-refractivity contribution in [1.29, 1.82) is 0 Å². The van der Waals surface area contributed by atoms with Crippen LogP contribution in [0.25, 0.3) is 10.8 Å². The Balaban J connectivity index is 1.58. The lowest BCUT2D eigenvalue weighted by molar-refractivity contribution is -0.123. The van der Waals surface area contributed by atoms with Gasteiger partial charge in [0.2, 0.25) is 5.91 Å². The molecule has 1 amide bonds. The predicted octanol–water partition coefficient (Wildman–Crippen LogP) is 4.04. The fourth-order valence-electron chi connectivity index (χ4n) is 3.68. The van der Waals surface area contributed by atoms with Crippen LogP contribution in [-0.2, 0) is 4.79 Å². The second-order valence-corrected chi connectivity index (χ2v) is 7.18. The van der Waals surface area contributed by atoms with Gasteiger partial charge in [0.1, 0.15) is 0 Å². The van der Waals surface area contributed by atoms with Crippen molar-refractivity contribution in [2.24, 2.45) is 11.8 Å². The first-order valence-electron chi connectivity index (χ1n) is 9.12. The predicted molar refractivity (Wildman–Crippen MR) is 99.9 cm³/mol. The van der Waals surface area contributed by atoms with E-state index in [-0.39, 0.29) is 11.9 Å². The Labute approximate surface area is 144 Å². The number of nitrogens with one attached hydrogen (secondary N) is 2. The summed E-state index contributed by atoms with van der Waals surface area (Å²) in [6.07, 6.45) is 3.08. The second kappa shape index (κ2) is 7.80. The van der Waals surface area contributed by atoms with Gasteiger partial charge in [-0.15, -0.1) is 0 Å². The Hall–Kier alpha value is -1.87. The largest absolute Gasteiger partial charge is 0.350 e. The van der Waals surface area contributed by atoms with Crippen molar-refractivity contribution in [1.82, 2.24) is 10.6 Å². The number of carbonyl (C=O) groups excluding carboxylic acids is 1. The second-order valence-electron chi connectivity index (χ2n) is 7.18. The molecule has 1 aliphatic rings. The average molecular weight is 324 g/mol. The molecule has 1 heterocycles. The topological polar surface area (TPSA) is 41.1 Å². The molecule has 0 spiro atoms. The lowest BCUT2D eigenvalue weighted by Crippen LogP contribution is -2.36. The maximum atomic E-state index is 12.4. The maximum absolute atomic E-state index is 12.4. The summed E-state index contributed by atoms with van der Waals surface area (Å²) in [6.45, 7) is 6.44. The lowest BCUT2D eigenvalue weighted by Gasteiger charge is -2.28. The zero-order valence-electron chi connectivity index (χ0n) is 14.7. The van der Waals surface area contributed by atoms with Crippen molar-refractivity contribution < 1.29 is 4.79 Å². The Bertz CT molecular complexity index is 691. The van der Waals surface area contributed by atoms with E-state index >= 15 is 0 Å². The van der Waals surface area contributed by atoms with Gasteiger partial charge in [0.25, 0.3) is 0 Å². The zero-order chi connectivity index (χ0) is 16.9. The minimum absolute atomic E-state index is 0.0405. The van der Waals surface area contributed by atoms with Crippen LogP contribution in [0.5, 0.6) is 0 Å². The van der Waals surface area contributed by atoms with E-state index in [1.54, 1.807) is 0 Å². The molecule has 2 N–H and O–H groups in total. The van der Waals surface area contributed by atoms with Gasteiger partial charge in [-0.05, 0) is 67.1 Å². The van der Waals surface area contributed by atoms with Gasteiger partial charge in [0.05, 0.1) is 6.04 Å². The molecule has 3 heteroatoms. The van der Waals surface area contributed by atoms with E-state index in [2.05, 4.69) is 66.9 Å². The monoisotopic (exact) mass is 324 g/mol. The number of carbonyl (C=O) groups is 1. The van der Waals surface area contributed by atoms with Crippen molar-refractivity contribution in [2.45, 2.75) is 39.2 Å². The van der Waals surface area contributed by atoms with E-state index in [0.717, 1.165) is 18.7 Å². The van der Waals surface area contributed by atoms with Gasteiger partial charge < -0.3 is 10.6 Å². The molecular formula is C21H28N2O. The third-order valence-corrected chi connectivity index (χ3v) is 5.30. The number of hydrogen-bond donors (Lipinski definition) is 2. The van der Waals surface area contributed by atoms with Crippen molar-refractivity contribution in [3.8, 4) is 0 Å². The molecule has 1 aliphatic heterocycles. The number of benzene rings is 2. The molecule has 0 saturated carbocycles. The van der Waals surface area contributed by atoms with Gasteiger partial charge in [-0.3, -0.25) is 4.79 Å². The molecule has 2 aromatic carbocycles. The van der Waals surface area contributed by atoms with E-state index in [9.17, 15) is 4.79 Å².